The summed E-state index contributed by atoms with van der Waals surface area (Å²) >= 11 is 9.35. The Labute approximate surface area is 566 Å². The molecule has 4 amide bonds. The van der Waals surface area contributed by atoms with E-state index in [-0.39, 0.29) is 66.4 Å². The summed E-state index contributed by atoms with van der Waals surface area (Å²) in [4.78, 5) is 99.4. The number of aryl methyl sites for hydroxylation is 3. The van der Waals surface area contributed by atoms with Crippen LogP contribution in [0.1, 0.15) is 131 Å². The zero-order valence-electron chi connectivity index (χ0n) is 55.2. The highest BCUT2D eigenvalue weighted by atomic mass is 35.5. The van der Waals surface area contributed by atoms with E-state index in [1.54, 1.807) is 22.4 Å². The van der Waals surface area contributed by atoms with Gasteiger partial charge in [0.15, 0.2) is 11.6 Å². The summed E-state index contributed by atoms with van der Waals surface area (Å²) in [5.74, 6) is 1.65. The number of benzene rings is 2. The Morgan fingerprint density at radius 1 is 0.702 bits per heavy atom. The van der Waals surface area contributed by atoms with Gasteiger partial charge in [0, 0.05) is 120 Å². The third kappa shape index (κ3) is 23.7. The second-order valence-corrected chi connectivity index (χ2v) is 26.4. The fraction of sp³-hybridized carbons (Fsp3) is 0.557. The van der Waals surface area contributed by atoms with Crippen LogP contribution in [0.3, 0.4) is 0 Å². The molecule has 2 aromatic carbocycles. The number of hydrogen-bond acceptors (Lipinski definition) is 18. The molecule has 3 N–H and O–H groups in total. The first kappa shape index (κ1) is 73.3. The number of unbranched alkanes of at least 4 members (excludes halogenated alkanes) is 2. The SMILES string of the molecule is CCc1cccc(N(CC)C(=O)Cn2c(C(=O)CC3CCC(C(=O)NCCCCCC(=O)NCCOCCOCCOCCOCCC(=O)NCCOCCN4CCN(c5cc(Cc6ncc(C(=O)Cc7c(C)cccc7Cl)s6)nc(C)n5)CC4)CC3)cc3sccc32)c1. The van der Waals surface area contributed by atoms with Crippen LogP contribution < -0.4 is 25.8 Å². The summed E-state index contributed by atoms with van der Waals surface area (Å²) in [6, 6.07) is 19.7. The molecule has 6 aromatic rings. The van der Waals surface area contributed by atoms with Crippen LogP contribution in [0.4, 0.5) is 11.5 Å². The normalized spacial score (nSPS) is 15.1. The minimum atomic E-state index is -0.0937. The van der Waals surface area contributed by atoms with Crippen molar-refractivity contribution in [3.63, 3.8) is 0 Å². The molecular formula is C70H95ClN10O11S2. The Balaban J connectivity index is 0.547. The van der Waals surface area contributed by atoms with Crippen LogP contribution in [-0.2, 0) is 68.7 Å². The molecule has 5 heterocycles. The van der Waals surface area contributed by atoms with E-state index in [9.17, 15) is 28.8 Å². The van der Waals surface area contributed by atoms with E-state index in [4.69, 9.17) is 40.3 Å². The van der Waals surface area contributed by atoms with Gasteiger partial charge in [0.25, 0.3) is 0 Å². The van der Waals surface area contributed by atoms with Crippen molar-refractivity contribution in [2.75, 3.05) is 135 Å². The molecule has 24 heteroatoms. The number of rotatable bonds is 42. The van der Waals surface area contributed by atoms with Gasteiger partial charge in [-0.2, -0.15) is 0 Å². The Morgan fingerprint density at radius 3 is 2.11 bits per heavy atom. The molecule has 1 saturated carbocycles. The number of fused-ring (bicyclic) bond motifs is 1. The average molecular weight is 1350 g/mol. The zero-order chi connectivity index (χ0) is 66.4. The topological polar surface area (TPSA) is 238 Å². The molecule has 0 spiro atoms. The van der Waals surface area contributed by atoms with Crippen LogP contribution in [0.15, 0.2) is 72.2 Å². The largest absolute Gasteiger partial charge is 0.379 e. The highest BCUT2D eigenvalue weighted by molar-refractivity contribution is 7.17. The number of anilines is 2. The molecule has 510 valence electrons. The molecule has 0 bridgehead atoms. The van der Waals surface area contributed by atoms with E-state index in [2.05, 4.69) is 54.8 Å². The van der Waals surface area contributed by atoms with Gasteiger partial charge in [0.05, 0.1) is 97.6 Å². The van der Waals surface area contributed by atoms with Crippen LogP contribution in [0, 0.1) is 25.7 Å². The Hall–Kier alpha value is -6.54. The Morgan fingerprint density at radius 2 is 1.39 bits per heavy atom. The molecule has 1 aliphatic carbocycles. The number of hydrogen-bond donors (Lipinski definition) is 3. The summed E-state index contributed by atoms with van der Waals surface area (Å²) < 4.78 is 31.0. The maximum atomic E-state index is 13.9. The standard InChI is InChI=1S/C70H95ClN10O11S2/c1-5-52-13-11-14-56(42-52)80(6-2)69(86)49-81-59-22-41-93-63(59)47-60(81)61(82)43-53-17-19-54(20-18-53)70(87)74-23-9-7-8-16-66(84)72-25-33-90-36-38-92-40-39-91-37-35-88-31-21-67(85)73-24-32-89-34-30-78-26-28-79(29-27-78)65-44-55(76-51(4)77-65)45-68-75-48-64(94-68)62(83)46-57-50(3)12-10-15-58(57)71/h10-15,22,41-42,44,47-48,53-54H,5-9,16-21,23-40,43,45-46,49H2,1-4H3,(H,72,84)(H,73,85)(H,74,87). The summed E-state index contributed by atoms with van der Waals surface area (Å²) in [5, 5.41) is 12.3. The summed E-state index contributed by atoms with van der Waals surface area (Å²) in [7, 11) is 0. The molecule has 2 fully saturated rings. The van der Waals surface area contributed by atoms with Gasteiger partial charge in [-0.3, -0.25) is 33.7 Å². The van der Waals surface area contributed by atoms with Gasteiger partial charge >= 0.3 is 0 Å². The van der Waals surface area contributed by atoms with E-state index >= 15 is 0 Å². The maximum absolute atomic E-state index is 13.9. The zero-order valence-corrected chi connectivity index (χ0v) is 57.6. The minimum Gasteiger partial charge on any atom is -0.379 e. The average Bonchev–Trinajstić information content (AvgIpc) is 1.63. The molecule has 4 aromatic heterocycles. The number of aromatic nitrogens is 4. The molecule has 0 unspecified atom stereocenters. The lowest BCUT2D eigenvalue weighted by Gasteiger charge is -2.35. The van der Waals surface area contributed by atoms with E-state index in [0.717, 1.165) is 128 Å². The third-order valence-corrected chi connectivity index (χ3v) is 19.4. The second-order valence-electron chi connectivity index (χ2n) is 23.9. The van der Waals surface area contributed by atoms with Gasteiger partial charge in [-0.1, -0.05) is 49.2 Å². The van der Waals surface area contributed by atoms with Crippen LogP contribution in [0.2, 0.25) is 5.02 Å². The fourth-order valence-electron chi connectivity index (χ4n) is 11.8. The van der Waals surface area contributed by atoms with E-state index in [1.165, 1.54) is 16.9 Å². The number of ketones is 2. The molecular weight excluding hydrogens is 1260 g/mol. The van der Waals surface area contributed by atoms with Gasteiger partial charge in [0.1, 0.15) is 18.2 Å². The van der Waals surface area contributed by atoms with E-state index in [1.807, 2.05) is 79.2 Å². The van der Waals surface area contributed by atoms with Gasteiger partial charge in [-0.25, -0.2) is 15.0 Å². The maximum Gasteiger partial charge on any atom is 0.246 e. The Kier molecular flexibility index (Phi) is 30.8. The van der Waals surface area contributed by atoms with Crippen molar-refractivity contribution in [1.29, 1.82) is 0 Å². The van der Waals surface area contributed by atoms with Crippen molar-refractivity contribution in [2.24, 2.45) is 11.8 Å². The number of carbonyl (C=O) groups is 6. The van der Waals surface area contributed by atoms with Gasteiger partial charge in [0.2, 0.25) is 23.6 Å². The molecule has 21 nitrogen and oxygen atoms in total. The molecule has 1 saturated heterocycles. The lowest BCUT2D eigenvalue weighted by atomic mass is 9.79. The lowest BCUT2D eigenvalue weighted by molar-refractivity contribution is -0.126. The number of Topliss-reactive ketones (excluding diaryl/α,β-unsaturated/α-hetero) is 2. The van der Waals surface area contributed by atoms with Crippen LogP contribution in [0.25, 0.3) is 10.2 Å². The van der Waals surface area contributed by atoms with Crippen molar-refractivity contribution in [3.8, 4) is 0 Å². The molecule has 94 heavy (non-hydrogen) atoms. The highest BCUT2D eigenvalue weighted by Crippen LogP contribution is 2.34. The molecule has 0 atom stereocenters. The van der Waals surface area contributed by atoms with Crippen molar-refractivity contribution in [1.82, 2.24) is 40.4 Å². The minimum absolute atomic E-state index is 0.000736. The lowest BCUT2D eigenvalue weighted by Crippen LogP contribution is -2.47. The van der Waals surface area contributed by atoms with Crippen molar-refractivity contribution < 1.29 is 52.5 Å². The predicted octanol–water partition coefficient (Wildman–Crippen LogP) is 9.43. The molecule has 0 radical (unpaired) electrons. The third-order valence-electron chi connectivity index (χ3n) is 17.1. The summed E-state index contributed by atoms with van der Waals surface area (Å²) in [5.41, 5.74) is 6.23. The number of halogens is 1. The quantitative estimate of drug-likeness (QED) is 0.0239. The van der Waals surface area contributed by atoms with Crippen LogP contribution >= 0.6 is 34.3 Å². The number of carbonyl (C=O) groups excluding carboxylic acids is 6. The van der Waals surface area contributed by atoms with Gasteiger partial charge < -0.3 is 54.0 Å². The molecule has 8 rings (SSSR count). The Bertz CT molecular complexity index is 3360. The first-order valence-electron chi connectivity index (χ1n) is 33.5. The van der Waals surface area contributed by atoms with E-state index in [0.29, 0.717) is 133 Å². The number of likely N-dealkylation sites (N-methyl/N-ethyl adjacent to an activating group) is 1. The van der Waals surface area contributed by atoms with Gasteiger partial charge in [-0.05, 0) is 124 Å². The van der Waals surface area contributed by atoms with Crippen molar-refractivity contribution >= 4 is 91.2 Å². The summed E-state index contributed by atoms with van der Waals surface area (Å²) in [6.45, 7) is 18.2. The van der Waals surface area contributed by atoms with E-state index < -0.39 is 0 Å². The number of amides is 4. The monoisotopic (exact) mass is 1350 g/mol. The molecule has 2 aliphatic rings. The number of ether oxygens (including phenoxy) is 5. The number of thiazole rings is 1. The number of thiophene rings is 1. The predicted molar refractivity (Wildman–Crippen MR) is 369 cm³/mol. The molecule has 1 aliphatic heterocycles. The summed E-state index contributed by atoms with van der Waals surface area (Å²) in [6.07, 6.45) is 9.81. The first-order valence-corrected chi connectivity index (χ1v) is 35.5. The van der Waals surface area contributed by atoms with Gasteiger partial charge in [-0.15, -0.1) is 22.7 Å². The number of piperazine rings is 1. The van der Waals surface area contributed by atoms with Crippen molar-refractivity contribution in [3.05, 3.63) is 121 Å². The first-order chi connectivity index (χ1) is 45.7. The number of nitrogens with one attached hydrogen (secondary N) is 3. The smallest absolute Gasteiger partial charge is 0.246 e. The van der Waals surface area contributed by atoms with Crippen LogP contribution in [-0.4, -0.2) is 185 Å². The highest BCUT2D eigenvalue weighted by Gasteiger charge is 2.30. The number of nitrogens with zero attached hydrogens (tertiary/aromatic N) is 7. The second kappa shape index (κ2) is 39.5. The van der Waals surface area contributed by atoms with Crippen LogP contribution in [0.5, 0.6) is 0 Å². The fourth-order valence-corrected chi connectivity index (χ4v) is 13.8. The van der Waals surface area contributed by atoms with Crippen molar-refractivity contribution in [2.45, 2.75) is 118 Å².